The predicted molar refractivity (Wildman–Crippen MR) is 87.0 cm³/mol. The van der Waals surface area contributed by atoms with Crippen LogP contribution in [0.3, 0.4) is 0 Å². The van der Waals surface area contributed by atoms with Crippen LogP contribution in [0.15, 0.2) is 60.7 Å². The molecule has 2 aromatic carbocycles. The zero-order valence-corrected chi connectivity index (χ0v) is 12.9. The maximum absolute atomic E-state index is 12.6. The second-order valence-electron chi connectivity index (χ2n) is 6.07. The average Bonchev–Trinajstić information content (AvgIpc) is 2.79. The van der Waals surface area contributed by atoms with E-state index in [4.69, 9.17) is 0 Å². The zero-order chi connectivity index (χ0) is 17.2. The molecule has 1 fully saturated rings. The van der Waals surface area contributed by atoms with Crippen LogP contribution in [0.4, 0.5) is 0 Å². The van der Waals surface area contributed by atoms with Gasteiger partial charge in [0.05, 0.1) is 5.41 Å². The van der Waals surface area contributed by atoms with Crippen molar-refractivity contribution in [2.45, 2.75) is 12.8 Å². The first kappa shape index (κ1) is 15.9. The molecule has 5 nitrogen and oxygen atoms in total. The molecule has 122 valence electrons. The third kappa shape index (κ3) is 2.80. The number of aliphatic carboxylic acids is 1. The fourth-order valence-electron chi connectivity index (χ4n) is 3.39. The number of carboxylic acid groups (broad SMARTS) is 1. The van der Waals surface area contributed by atoms with E-state index in [0.717, 1.165) is 11.1 Å². The number of carbonyl (C=O) groups is 3. The Balaban J connectivity index is 2.07. The summed E-state index contributed by atoms with van der Waals surface area (Å²) in [5, 5.41) is 11.8. The largest absolute Gasteiger partial charge is 0.481 e. The Labute approximate surface area is 139 Å². The van der Waals surface area contributed by atoms with Gasteiger partial charge in [0.2, 0.25) is 11.8 Å². The molecule has 1 atom stereocenters. The fourth-order valence-corrected chi connectivity index (χ4v) is 3.39. The number of rotatable bonds is 5. The molecule has 0 bridgehead atoms. The Morgan fingerprint density at radius 1 is 0.917 bits per heavy atom. The molecule has 0 aliphatic carbocycles. The van der Waals surface area contributed by atoms with Crippen LogP contribution >= 0.6 is 0 Å². The van der Waals surface area contributed by atoms with Gasteiger partial charge in [-0.25, -0.2) is 0 Å². The highest BCUT2D eigenvalue weighted by molar-refractivity contribution is 6.15. The number of carboxylic acids is 1. The molecule has 2 amide bonds. The van der Waals surface area contributed by atoms with Crippen molar-refractivity contribution in [3.63, 3.8) is 0 Å². The number of carbonyl (C=O) groups excluding carboxylic acids is 2. The number of nitrogens with one attached hydrogen (secondary N) is 1. The van der Waals surface area contributed by atoms with Gasteiger partial charge in [0.25, 0.3) is 0 Å². The summed E-state index contributed by atoms with van der Waals surface area (Å²) in [6.45, 7) is 0. The van der Waals surface area contributed by atoms with Crippen molar-refractivity contribution < 1.29 is 19.5 Å². The van der Waals surface area contributed by atoms with E-state index < -0.39 is 29.1 Å². The summed E-state index contributed by atoms with van der Waals surface area (Å²) >= 11 is 0. The van der Waals surface area contributed by atoms with Crippen molar-refractivity contribution in [1.82, 2.24) is 5.32 Å². The molecule has 0 aromatic heterocycles. The molecule has 1 saturated heterocycles. The Bertz CT molecular complexity index is 729. The van der Waals surface area contributed by atoms with Gasteiger partial charge >= 0.3 is 5.97 Å². The summed E-state index contributed by atoms with van der Waals surface area (Å²) in [6, 6.07) is 18.4. The SMILES string of the molecule is O=C(O)C1C(=O)NC(=O)C1(Cc1ccccc1)Cc1ccccc1. The Morgan fingerprint density at radius 2 is 1.38 bits per heavy atom. The standard InChI is InChI=1S/C19H17NO4/c21-16-15(17(22)23)19(18(24)20-16,11-13-7-3-1-4-8-13)12-14-9-5-2-6-10-14/h1-10,15H,11-12H2,(H,22,23)(H,20,21,24). The van der Waals surface area contributed by atoms with Crippen LogP contribution in [-0.4, -0.2) is 22.9 Å². The molecular formula is C19H17NO4. The average molecular weight is 323 g/mol. The van der Waals surface area contributed by atoms with E-state index in [-0.39, 0.29) is 12.8 Å². The van der Waals surface area contributed by atoms with Gasteiger partial charge in [-0.15, -0.1) is 0 Å². The minimum absolute atomic E-state index is 0.192. The molecule has 1 aliphatic rings. The van der Waals surface area contributed by atoms with Crippen molar-refractivity contribution in [2.24, 2.45) is 11.3 Å². The van der Waals surface area contributed by atoms with Gasteiger partial charge < -0.3 is 5.11 Å². The normalized spacial score (nSPS) is 19.1. The number of amides is 2. The van der Waals surface area contributed by atoms with Gasteiger partial charge in [0.1, 0.15) is 0 Å². The van der Waals surface area contributed by atoms with Gasteiger partial charge in [0.15, 0.2) is 5.92 Å². The maximum atomic E-state index is 12.6. The Morgan fingerprint density at radius 3 is 1.79 bits per heavy atom. The van der Waals surface area contributed by atoms with Crippen molar-refractivity contribution in [3.05, 3.63) is 71.8 Å². The van der Waals surface area contributed by atoms with Crippen molar-refractivity contribution >= 4 is 17.8 Å². The van der Waals surface area contributed by atoms with E-state index in [1.807, 2.05) is 60.7 Å². The molecule has 2 N–H and O–H groups in total. The van der Waals surface area contributed by atoms with Crippen LogP contribution in [0.2, 0.25) is 0 Å². The van der Waals surface area contributed by atoms with Crippen LogP contribution in [0.5, 0.6) is 0 Å². The number of imide groups is 1. The zero-order valence-electron chi connectivity index (χ0n) is 12.9. The molecule has 0 radical (unpaired) electrons. The molecule has 0 saturated carbocycles. The second kappa shape index (κ2) is 6.28. The van der Waals surface area contributed by atoms with Crippen LogP contribution < -0.4 is 5.32 Å². The lowest BCUT2D eigenvalue weighted by Crippen LogP contribution is -2.42. The molecule has 0 spiro atoms. The van der Waals surface area contributed by atoms with E-state index >= 15 is 0 Å². The molecule has 2 aromatic rings. The summed E-state index contributed by atoms with van der Waals surface area (Å²) in [4.78, 5) is 36.5. The maximum Gasteiger partial charge on any atom is 0.317 e. The number of hydrogen-bond acceptors (Lipinski definition) is 3. The van der Waals surface area contributed by atoms with E-state index in [2.05, 4.69) is 5.32 Å². The van der Waals surface area contributed by atoms with Gasteiger partial charge in [-0.05, 0) is 24.0 Å². The Hall–Kier alpha value is -2.95. The first-order valence-electron chi connectivity index (χ1n) is 7.69. The van der Waals surface area contributed by atoms with E-state index in [9.17, 15) is 19.5 Å². The third-order valence-corrected chi connectivity index (χ3v) is 4.48. The summed E-state index contributed by atoms with van der Waals surface area (Å²) in [6.07, 6.45) is 0.383. The number of hydrogen-bond donors (Lipinski definition) is 2. The fraction of sp³-hybridized carbons (Fsp3) is 0.211. The molecule has 3 rings (SSSR count). The molecule has 5 heteroatoms. The van der Waals surface area contributed by atoms with Gasteiger partial charge in [-0.3, -0.25) is 19.7 Å². The molecular weight excluding hydrogens is 306 g/mol. The smallest absolute Gasteiger partial charge is 0.317 e. The monoisotopic (exact) mass is 323 g/mol. The lowest BCUT2D eigenvalue weighted by molar-refractivity contribution is -0.151. The van der Waals surface area contributed by atoms with E-state index in [0.29, 0.717) is 0 Å². The van der Waals surface area contributed by atoms with Crippen LogP contribution in [-0.2, 0) is 27.2 Å². The van der Waals surface area contributed by atoms with E-state index in [1.165, 1.54) is 0 Å². The summed E-state index contributed by atoms with van der Waals surface area (Å²) in [5.41, 5.74) is 0.320. The molecule has 1 unspecified atom stereocenters. The lowest BCUT2D eigenvalue weighted by atomic mass is 9.69. The quantitative estimate of drug-likeness (QED) is 0.649. The topological polar surface area (TPSA) is 83.5 Å². The highest BCUT2D eigenvalue weighted by atomic mass is 16.4. The van der Waals surface area contributed by atoms with Crippen LogP contribution in [0.25, 0.3) is 0 Å². The minimum atomic E-state index is -1.40. The summed E-state index contributed by atoms with van der Waals surface area (Å²) in [7, 11) is 0. The van der Waals surface area contributed by atoms with Gasteiger partial charge in [-0.2, -0.15) is 0 Å². The highest BCUT2D eigenvalue weighted by Crippen LogP contribution is 2.40. The summed E-state index contributed by atoms with van der Waals surface area (Å²) < 4.78 is 0. The highest BCUT2D eigenvalue weighted by Gasteiger charge is 2.58. The van der Waals surface area contributed by atoms with Crippen molar-refractivity contribution in [2.75, 3.05) is 0 Å². The first-order valence-corrected chi connectivity index (χ1v) is 7.69. The van der Waals surface area contributed by atoms with Crippen LogP contribution in [0, 0.1) is 11.3 Å². The lowest BCUT2D eigenvalue weighted by Gasteiger charge is -2.29. The van der Waals surface area contributed by atoms with E-state index in [1.54, 1.807) is 0 Å². The molecule has 1 heterocycles. The second-order valence-corrected chi connectivity index (χ2v) is 6.07. The predicted octanol–water partition coefficient (Wildman–Crippen LogP) is 1.82. The third-order valence-electron chi connectivity index (χ3n) is 4.48. The van der Waals surface area contributed by atoms with Crippen molar-refractivity contribution in [3.8, 4) is 0 Å². The minimum Gasteiger partial charge on any atom is -0.481 e. The van der Waals surface area contributed by atoms with Gasteiger partial charge in [0, 0.05) is 0 Å². The Kier molecular flexibility index (Phi) is 4.16. The van der Waals surface area contributed by atoms with Gasteiger partial charge in [-0.1, -0.05) is 60.7 Å². The van der Waals surface area contributed by atoms with Crippen LogP contribution in [0.1, 0.15) is 11.1 Å². The number of benzene rings is 2. The molecule has 1 aliphatic heterocycles. The molecule has 24 heavy (non-hydrogen) atoms. The summed E-state index contributed by atoms with van der Waals surface area (Å²) in [5.74, 6) is -3.93. The first-order chi connectivity index (χ1) is 11.5. The van der Waals surface area contributed by atoms with Crippen molar-refractivity contribution in [1.29, 1.82) is 0 Å².